The summed E-state index contributed by atoms with van der Waals surface area (Å²) in [7, 11) is 0. The van der Waals surface area contributed by atoms with Crippen molar-refractivity contribution >= 4 is 27.4 Å². The molecule has 1 aliphatic heterocycles. The number of thiophene rings is 1. The molecule has 5 heteroatoms. The van der Waals surface area contributed by atoms with Gasteiger partial charge in [-0.3, -0.25) is 0 Å². The van der Waals surface area contributed by atoms with Crippen LogP contribution in [0, 0.1) is 5.92 Å². The molecule has 0 bridgehead atoms. The largest absolute Gasteiger partial charge is 0.378 e. The van der Waals surface area contributed by atoms with Gasteiger partial charge in [0, 0.05) is 17.5 Å². The minimum absolute atomic E-state index is 0.469. The monoisotopic (exact) mass is 315 g/mol. The van der Waals surface area contributed by atoms with Crippen molar-refractivity contribution in [2.45, 2.75) is 57.1 Å². The molecular weight excluding hydrogens is 294 g/mol. The highest BCUT2D eigenvalue weighted by atomic mass is 32.1. The summed E-state index contributed by atoms with van der Waals surface area (Å²) in [6.45, 7) is 0.884. The second-order valence-corrected chi connectivity index (χ2v) is 7.96. The van der Waals surface area contributed by atoms with Crippen LogP contribution in [0.3, 0.4) is 0 Å². The number of hydrogen-bond acceptors (Lipinski definition) is 5. The smallest absolute Gasteiger partial charge is 0.138 e. The lowest BCUT2D eigenvalue weighted by atomic mass is 10.00. The molecule has 0 amide bonds. The van der Waals surface area contributed by atoms with Gasteiger partial charge < -0.3 is 10.1 Å². The Balaban J connectivity index is 1.44. The second kappa shape index (κ2) is 5.17. The highest BCUT2D eigenvalue weighted by molar-refractivity contribution is 7.19. The Morgan fingerprint density at radius 2 is 2.14 bits per heavy atom. The minimum Gasteiger partial charge on any atom is -0.378 e. The summed E-state index contributed by atoms with van der Waals surface area (Å²) in [6, 6.07) is 0.495. The van der Waals surface area contributed by atoms with Gasteiger partial charge in [-0.15, -0.1) is 11.3 Å². The summed E-state index contributed by atoms with van der Waals surface area (Å²) in [5.41, 5.74) is 1.51. The fourth-order valence-electron chi connectivity index (χ4n) is 3.99. The van der Waals surface area contributed by atoms with Gasteiger partial charge in [0.05, 0.1) is 11.5 Å². The highest BCUT2D eigenvalue weighted by Gasteiger charge is 2.36. The summed E-state index contributed by atoms with van der Waals surface area (Å²) < 4.78 is 5.95. The van der Waals surface area contributed by atoms with Crippen molar-refractivity contribution in [1.29, 1.82) is 0 Å². The van der Waals surface area contributed by atoms with Crippen LogP contribution in [0.15, 0.2) is 6.33 Å². The van der Waals surface area contributed by atoms with E-state index in [9.17, 15) is 0 Å². The van der Waals surface area contributed by atoms with E-state index < -0.39 is 0 Å². The van der Waals surface area contributed by atoms with E-state index >= 15 is 0 Å². The van der Waals surface area contributed by atoms with Gasteiger partial charge in [-0.1, -0.05) is 0 Å². The van der Waals surface area contributed by atoms with Crippen LogP contribution in [-0.4, -0.2) is 28.7 Å². The Bertz CT molecular complexity index is 709. The molecular formula is C17H21N3OS. The van der Waals surface area contributed by atoms with Gasteiger partial charge in [0.2, 0.25) is 0 Å². The average Bonchev–Trinajstić information content (AvgIpc) is 3.18. The number of fused-ring (bicyclic) bond motifs is 3. The summed E-state index contributed by atoms with van der Waals surface area (Å²) in [5, 5.41) is 5.03. The van der Waals surface area contributed by atoms with Crippen LogP contribution in [0.2, 0.25) is 0 Å². The Morgan fingerprint density at radius 3 is 3.05 bits per heavy atom. The summed E-state index contributed by atoms with van der Waals surface area (Å²) in [6.07, 6.45) is 10.8. The maximum Gasteiger partial charge on any atom is 0.138 e. The van der Waals surface area contributed by atoms with Crippen LogP contribution >= 0.6 is 11.3 Å². The van der Waals surface area contributed by atoms with Gasteiger partial charge in [-0.05, 0) is 56.4 Å². The first-order valence-electron chi connectivity index (χ1n) is 8.52. The molecule has 2 fully saturated rings. The molecule has 2 aromatic heterocycles. The van der Waals surface area contributed by atoms with Gasteiger partial charge >= 0.3 is 0 Å². The third kappa shape index (κ3) is 2.22. The first-order valence-corrected chi connectivity index (χ1v) is 9.33. The number of nitrogens with one attached hydrogen (secondary N) is 1. The van der Waals surface area contributed by atoms with Crippen LogP contribution in [0.1, 0.15) is 42.5 Å². The molecule has 0 aromatic carbocycles. The topological polar surface area (TPSA) is 47.0 Å². The van der Waals surface area contributed by atoms with Crippen molar-refractivity contribution in [2.24, 2.45) is 5.92 Å². The molecule has 1 saturated heterocycles. The lowest BCUT2D eigenvalue weighted by Gasteiger charge is -2.30. The fourth-order valence-corrected chi connectivity index (χ4v) is 5.22. The quantitative estimate of drug-likeness (QED) is 0.941. The average molecular weight is 315 g/mol. The summed E-state index contributed by atoms with van der Waals surface area (Å²) >= 11 is 1.86. The molecule has 1 saturated carbocycles. The van der Waals surface area contributed by atoms with Gasteiger partial charge in [0.1, 0.15) is 17.0 Å². The molecule has 3 heterocycles. The molecule has 1 N–H and O–H groups in total. The number of aromatic nitrogens is 2. The Labute approximate surface area is 134 Å². The molecule has 0 spiro atoms. The summed E-state index contributed by atoms with van der Waals surface area (Å²) in [5.74, 6) is 1.88. The molecule has 3 aliphatic rings. The zero-order valence-electron chi connectivity index (χ0n) is 12.7. The number of ether oxygens (including phenoxy) is 1. The third-order valence-electron chi connectivity index (χ3n) is 5.31. The van der Waals surface area contributed by atoms with Crippen LogP contribution < -0.4 is 5.32 Å². The van der Waals surface area contributed by atoms with E-state index in [1.165, 1.54) is 47.9 Å². The Hall–Kier alpha value is -1.20. The highest BCUT2D eigenvalue weighted by Crippen LogP contribution is 2.41. The Kier molecular flexibility index (Phi) is 3.11. The molecule has 2 unspecified atom stereocenters. The first kappa shape index (κ1) is 13.3. The van der Waals surface area contributed by atoms with Crippen LogP contribution in [0.4, 0.5) is 5.82 Å². The van der Waals surface area contributed by atoms with Crippen molar-refractivity contribution in [3.63, 3.8) is 0 Å². The standard InChI is InChI=1S/C17H21N3OS/c1-2-12-14(3-1)22-17-15(12)16(18-9-19-17)20-11-6-7-21-13(8-11)10-4-5-10/h9-11,13H,1-8H2,(H,18,19,20). The summed E-state index contributed by atoms with van der Waals surface area (Å²) in [4.78, 5) is 11.8. The maximum absolute atomic E-state index is 5.95. The van der Waals surface area contributed by atoms with Gasteiger partial charge in [0.15, 0.2) is 0 Å². The first-order chi connectivity index (χ1) is 10.9. The van der Waals surface area contributed by atoms with Crippen LogP contribution in [0.5, 0.6) is 0 Å². The molecule has 4 nitrogen and oxygen atoms in total. The van der Waals surface area contributed by atoms with E-state index in [0.29, 0.717) is 12.1 Å². The van der Waals surface area contributed by atoms with Crippen molar-refractivity contribution < 1.29 is 4.74 Å². The van der Waals surface area contributed by atoms with Crippen molar-refractivity contribution in [2.75, 3.05) is 11.9 Å². The zero-order chi connectivity index (χ0) is 14.5. The van der Waals surface area contributed by atoms with E-state index in [4.69, 9.17) is 4.74 Å². The van der Waals surface area contributed by atoms with E-state index in [2.05, 4.69) is 15.3 Å². The van der Waals surface area contributed by atoms with Gasteiger partial charge in [-0.25, -0.2) is 9.97 Å². The van der Waals surface area contributed by atoms with Crippen LogP contribution in [0.25, 0.3) is 10.2 Å². The molecule has 2 atom stereocenters. The number of aryl methyl sites for hydroxylation is 2. The van der Waals surface area contributed by atoms with Gasteiger partial charge in [-0.2, -0.15) is 0 Å². The Morgan fingerprint density at radius 1 is 1.18 bits per heavy atom. The molecule has 2 aliphatic carbocycles. The van der Waals surface area contributed by atoms with Crippen molar-refractivity contribution in [1.82, 2.24) is 9.97 Å². The van der Waals surface area contributed by atoms with E-state index in [-0.39, 0.29) is 0 Å². The molecule has 2 aromatic rings. The molecule has 5 rings (SSSR count). The minimum atomic E-state index is 0.469. The lowest BCUT2D eigenvalue weighted by Crippen LogP contribution is -2.35. The number of nitrogens with zero attached hydrogens (tertiary/aromatic N) is 2. The SMILES string of the molecule is c1nc(NC2CCOC(C3CC3)C2)c2c3c(sc2n1)CCC3. The van der Waals surface area contributed by atoms with Crippen LogP contribution in [-0.2, 0) is 17.6 Å². The van der Waals surface area contributed by atoms with Gasteiger partial charge in [0.25, 0.3) is 0 Å². The number of hydrogen-bond donors (Lipinski definition) is 1. The fraction of sp³-hybridized carbons (Fsp3) is 0.647. The predicted molar refractivity (Wildman–Crippen MR) is 88.5 cm³/mol. The maximum atomic E-state index is 5.95. The van der Waals surface area contributed by atoms with E-state index in [1.807, 2.05) is 11.3 Å². The van der Waals surface area contributed by atoms with Crippen molar-refractivity contribution in [3.8, 4) is 0 Å². The predicted octanol–water partition coefficient (Wildman–Crippen LogP) is 3.55. The normalized spacial score (nSPS) is 28.0. The molecule has 0 radical (unpaired) electrons. The lowest BCUT2D eigenvalue weighted by molar-refractivity contribution is -0.00221. The number of rotatable bonds is 3. The second-order valence-electron chi connectivity index (χ2n) is 6.87. The molecule has 116 valence electrons. The van der Waals surface area contributed by atoms with E-state index in [1.54, 1.807) is 6.33 Å². The number of anilines is 1. The molecule has 22 heavy (non-hydrogen) atoms. The third-order valence-corrected chi connectivity index (χ3v) is 6.50. The van der Waals surface area contributed by atoms with Crippen molar-refractivity contribution in [3.05, 3.63) is 16.8 Å². The van der Waals surface area contributed by atoms with E-state index in [0.717, 1.165) is 36.0 Å². The zero-order valence-corrected chi connectivity index (χ0v) is 13.5.